The first kappa shape index (κ1) is 34.2. The van der Waals surface area contributed by atoms with Crippen molar-refractivity contribution < 1.29 is 37.9 Å². The number of hydrogen-bond acceptors (Lipinski definition) is 8. The van der Waals surface area contributed by atoms with E-state index in [9.17, 15) is 0 Å². The van der Waals surface area contributed by atoms with Crippen LogP contribution in [0.5, 0.6) is 17.2 Å². The fourth-order valence-electron chi connectivity index (χ4n) is 5.85. The second kappa shape index (κ2) is 13.5. The van der Waals surface area contributed by atoms with E-state index in [1.165, 1.54) is 5.56 Å². The highest BCUT2D eigenvalue weighted by Gasteiger charge is 2.31. The second-order valence-electron chi connectivity index (χ2n) is 14.3. The number of aryl methyl sites for hydroxylation is 2. The van der Waals surface area contributed by atoms with Crippen LogP contribution in [-0.4, -0.2) is 25.5 Å². The molecule has 8 nitrogen and oxygen atoms in total. The maximum Gasteiger partial charge on any atom is 0.205 e. The van der Waals surface area contributed by atoms with E-state index in [4.69, 9.17) is 37.9 Å². The van der Waals surface area contributed by atoms with Crippen molar-refractivity contribution in [3.63, 3.8) is 0 Å². The molecule has 0 spiro atoms. The highest BCUT2D eigenvalue weighted by Crippen LogP contribution is 2.38. The molecule has 0 atom stereocenters. The summed E-state index contributed by atoms with van der Waals surface area (Å²) in [5.74, 6) is 1.01. The lowest BCUT2D eigenvalue weighted by Crippen LogP contribution is -2.36. The zero-order chi connectivity index (χ0) is 33.3. The molecule has 0 radical (unpaired) electrons. The number of fused-ring (bicyclic) bond motifs is 2. The first-order valence-electron chi connectivity index (χ1n) is 16.0. The molecule has 3 aromatic rings. The van der Waals surface area contributed by atoms with Gasteiger partial charge in [-0.25, -0.2) is 0 Å². The summed E-state index contributed by atoms with van der Waals surface area (Å²) in [4.78, 5) is 0. The van der Waals surface area contributed by atoms with Gasteiger partial charge in [0.15, 0.2) is 6.79 Å². The minimum Gasteiger partial charge on any atom is -0.467 e. The van der Waals surface area contributed by atoms with E-state index in [1.807, 2.05) is 27.7 Å². The molecule has 0 aliphatic carbocycles. The highest BCUT2D eigenvalue weighted by atomic mass is 16.7. The Morgan fingerprint density at radius 2 is 1.09 bits per heavy atom. The minimum atomic E-state index is -0.692. The van der Waals surface area contributed by atoms with E-state index in [0.29, 0.717) is 45.4 Å². The van der Waals surface area contributed by atoms with Crippen LogP contribution < -0.4 is 14.2 Å². The van der Waals surface area contributed by atoms with Crippen LogP contribution in [0.25, 0.3) is 0 Å². The third-order valence-corrected chi connectivity index (χ3v) is 8.08. The molecule has 5 rings (SSSR count). The third kappa shape index (κ3) is 8.22. The van der Waals surface area contributed by atoms with Crippen LogP contribution in [0.15, 0.2) is 36.4 Å². The molecule has 0 fully saturated rings. The standard InChI is InChI=1S/C38H50O8/c1-24-11-26(34-28(13-24)21-43-37(6,7)45-34)17-40-19-30-15-32(36(3,4)5)16-31(33(30)42-23-39-10)20-41-18-27-12-25(2)14-29-22-44-38(8,9)46-35(27)29/h11-16H,17-23H2,1-10H3. The van der Waals surface area contributed by atoms with E-state index < -0.39 is 11.6 Å². The van der Waals surface area contributed by atoms with Crippen LogP contribution in [0.2, 0.25) is 0 Å². The predicted octanol–water partition coefficient (Wildman–Crippen LogP) is 8.31. The first-order valence-corrected chi connectivity index (χ1v) is 16.0. The Balaban J connectivity index is 1.39. The maximum atomic E-state index is 6.40. The van der Waals surface area contributed by atoms with Gasteiger partial charge in [0.1, 0.15) is 17.2 Å². The molecule has 0 saturated heterocycles. The molecule has 0 bridgehead atoms. The largest absolute Gasteiger partial charge is 0.467 e. The van der Waals surface area contributed by atoms with Crippen molar-refractivity contribution in [1.29, 1.82) is 0 Å². The van der Waals surface area contributed by atoms with Crippen molar-refractivity contribution in [2.24, 2.45) is 0 Å². The van der Waals surface area contributed by atoms with Gasteiger partial charge < -0.3 is 37.9 Å². The van der Waals surface area contributed by atoms with Crippen LogP contribution in [-0.2, 0) is 68.7 Å². The Bertz CT molecular complexity index is 1450. The molecule has 2 heterocycles. The fraction of sp³-hybridized carbons (Fsp3) is 0.526. The van der Waals surface area contributed by atoms with Gasteiger partial charge in [-0.15, -0.1) is 0 Å². The summed E-state index contributed by atoms with van der Waals surface area (Å²) in [5, 5.41) is 0. The van der Waals surface area contributed by atoms with E-state index in [1.54, 1.807) is 7.11 Å². The summed E-state index contributed by atoms with van der Waals surface area (Å²) in [6, 6.07) is 12.8. The second-order valence-corrected chi connectivity index (χ2v) is 14.3. The SMILES string of the molecule is COCOc1c(COCc2cc(C)cc3c2OC(C)(C)OC3)cc(C(C)(C)C)cc1COCc1cc(C)cc2c1OC(C)(C)OC2. The first-order chi connectivity index (χ1) is 21.6. The van der Waals surface area contributed by atoms with Gasteiger partial charge in [0.25, 0.3) is 0 Å². The zero-order valence-corrected chi connectivity index (χ0v) is 29.2. The van der Waals surface area contributed by atoms with E-state index in [2.05, 4.69) is 71.0 Å². The molecule has 8 heteroatoms. The van der Waals surface area contributed by atoms with Crippen molar-refractivity contribution in [2.75, 3.05) is 13.9 Å². The van der Waals surface area contributed by atoms with Crippen LogP contribution in [0.4, 0.5) is 0 Å². The molecular weight excluding hydrogens is 584 g/mol. The summed E-state index contributed by atoms with van der Waals surface area (Å²) in [7, 11) is 1.62. The molecule has 0 saturated carbocycles. The topological polar surface area (TPSA) is 73.8 Å². The normalized spacial score (nSPS) is 16.7. The summed E-state index contributed by atoms with van der Waals surface area (Å²) in [6.45, 7) is 21.0. The molecule has 0 N–H and O–H groups in total. The summed E-state index contributed by atoms with van der Waals surface area (Å²) < 4.78 is 48.5. The average molecular weight is 635 g/mol. The Morgan fingerprint density at radius 1 is 0.652 bits per heavy atom. The molecule has 250 valence electrons. The quantitative estimate of drug-likeness (QED) is 0.195. The van der Waals surface area contributed by atoms with Crippen LogP contribution >= 0.6 is 0 Å². The summed E-state index contributed by atoms with van der Waals surface area (Å²) in [5.41, 5.74) is 9.27. The molecule has 2 aliphatic rings. The lowest BCUT2D eigenvalue weighted by atomic mass is 9.84. The number of hydrogen-bond donors (Lipinski definition) is 0. The van der Waals surface area contributed by atoms with Crippen LogP contribution in [0.1, 0.15) is 98.5 Å². The van der Waals surface area contributed by atoms with Crippen molar-refractivity contribution in [3.05, 3.63) is 86.5 Å². The summed E-state index contributed by atoms with van der Waals surface area (Å²) in [6.07, 6.45) is 0. The zero-order valence-electron chi connectivity index (χ0n) is 29.2. The number of methoxy groups -OCH3 is 1. The molecule has 0 aromatic heterocycles. The van der Waals surface area contributed by atoms with Gasteiger partial charge in [-0.05, 0) is 37.0 Å². The molecule has 2 aliphatic heterocycles. The van der Waals surface area contributed by atoms with E-state index >= 15 is 0 Å². The number of benzene rings is 3. The molecule has 3 aromatic carbocycles. The minimum absolute atomic E-state index is 0.104. The average Bonchev–Trinajstić information content (AvgIpc) is 2.96. The van der Waals surface area contributed by atoms with Gasteiger partial charge in [0.2, 0.25) is 11.6 Å². The van der Waals surface area contributed by atoms with Gasteiger partial charge in [-0.1, -0.05) is 56.2 Å². The van der Waals surface area contributed by atoms with Gasteiger partial charge in [-0.2, -0.15) is 0 Å². The Labute approximate surface area is 274 Å². The van der Waals surface area contributed by atoms with Crippen molar-refractivity contribution in [2.45, 2.75) is 119 Å². The number of ether oxygens (including phenoxy) is 8. The predicted molar refractivity (Wildman–Crippen MR) is 176 cm³/mol. The van der Waals surface area contributed by atoms with Crippen molar-refractivity contribution in [3.8, 4) is 17.2 Å². The molecular formula is C38H50O8. The monoisotopic (exact) mass is 634 g/mol. The molecule has 0 unspecified atom stereocenters. The van der Waals surface area contributed by atoms with Gasteiger partial charge in [0.05, 0.1) is 39.6 Å². The van der Waals surface area contributed by atoms with Crippen LogP contribution in [0.3, 0.4) is 0 Å². The number of rotatable bonds is 11. The van der Waals surface area contributed by atoms with Crippen molar-refractivity contribution >= 4 is 0 Å². The fourth-order valence-corrected chi connectivity index (χ4v) is 5.85. The highest BCUT2D eigenvalue weighted by molar-refractivity contribution is 5.48. The Morgan fingerprint density at radius 3 is 1.50 bits per heavy atom. The molecule has 0 amide bonds. The van der Waals surface area contributed by atoms with Crippen LogP contribution in [0, 0.1) is 13.8 Å². The van der Waals surface area contributed by atoms with Crippen molar-refractivity contribution in [1.82, 2.24) is 0 Å². The third-order valence-electron chi connectivity index (χ3n) is 8.08. The van der Waals surface area contributed by atoms with Gasteiger partial charge in [-0.3, -0.25) is 0 Å². The Hall–Kier alpha value is -3.14. The maximum absolute atomic E-state index is 6.40. The summed E-state index contributed by atoms with van der Waals surface area (Å²) >= 11 is 0. The van der Waals surface area contributed by atoms with Gasteiger partial charge in [0, 0.05) is 68.2 Å². The lowest BCUT2D eigenvalue weighted by Gasteiger charge is -2.34. The van der Waals surface area contributed by atoms with E-state index in [-0.39, 0.29) is 12.2 Å². The van der Waals surface area contributed by atoms with Gasteiger partial charge >= 0.3 is 0 Å². The Kier molecular flexibility index (Phi) is 10.1. The van der Waals surface area contributed by atoms with E-state index in [0.717, 1.165) is 56.0 Å². The molecule has 46 heavy (non-hydrogen) atoms. The smallest absolute Gasteiger partial charge is 0.205 e. The lowest BCUT2D eigenvalue weighted by molar-refractivity contribution is -0.181.